The Bertz CT molecular complexity index is 290. The van der Waals surface area contributed by atoms with Crippen LogP contribution < -0.4 is 0 Å². The largest absolute Gasteiger partial charge is 0.303 e. The first kappa shape index (κ1) is 9.13. The minimum Gasteiger partial charge on any atom is -0.303 e. The highest BCUT2D eigenvalue weighted by atomic mass is 32.2. The summed E-state index contributed by atoms with van der Waals surface area (Å²) in [6, 6.07) is 7.22. The van der Waals surface area contributed by atoms with Gasteiger partial charge in [-0.25, -0.2) is 0 Å². The molecule has 2 nitrogen and oxygen atoms in total. The Labute approximate surface area is 74.1 Å². The number of benzene rings is 1. The van der Waals surface area contributed by atoms with E-state index >= 15 is 0 Å². The minimum atomic E-state index is -0.929. The summed E-state index contributed by atoms with van der Waals surface area (Å²) in [5, 5.41) is 0. The van der Waals surface area contributed by atoms with Gasteiger partial charge in [-0.3, -0.25) is 4.21 Å². The average molecular weight is 182 g/mol. The molecular weight excluding hydrogens is 172 g/mol. The Kier molecular flexibility index (Phi) is 3.17. The van der Waals surface area contributed by atoms with Crippen molar-refractivity contribution in [2.24, 2.45) is 0 Å². The zero-order chi connectivity index (χ0) is 8.97. The van der Waals surface area contributed by atoms with Crippen LogP contribution in [-0.4, -0.2) is 16.8 Å². The van der Waals surface area contributed by atoms with Gasteiger partial charge in [-0.05, 0) is 17.7 Å². The molecular formula is C9H10O2S. The van der Waals surface area contributed by atoms with Gasteiger partial charge >= 0.3 is 0 Å². The van der Waals surface area contributed by atoms with Gasteiger partial charge in [-0.2, -0.15) is 0 Å². The van der Waals surface area contributed by atoms with E-state index in [1.807, 2.05) is 12.1 Å². The summed E-state index contributed by atoms with van der Waals surface area (Å²) < 4.78 is 11.0. The molecule has 0 radical (unpaired) electrons. The van der Waals surface area contributed by atoms with Crippen molar-refractivity contribution < 1.29 is 9.00 Å². The lowest BCUT2D eigenvalue weighted by Gasteiger charge is -1.97. The lowest BCUT2D eigenvalue weighted by atomic mass is 10.2. The Balaban J connectivity index is 2.85. The molecule has 1 rings (SSSR count). The van der Waals surface area contributed by atoms with Crippen LogP contribution in [0.5, 0.6) is 0 Å². The maximum absolute atomic E-state index is 11.0. The molecule has 0 N–H and O–H groups in total. The van der Waals surface area contributed by atoms with Crippen molar-refractivity contribution in [3.8, 4) is 0 Å². The van der Waals surface area contributed by atoms with Gasteiger partial charge in [-0.15, -0.1) is 0 Å². The summed E-state index contributed by atoms with van der Waals surface area (Å²) >= 11 is 0. The van der Waals surface area contributed by atoms with E-state index in [1.165, 1.54) is 0 Å². The lowest BCUT2D eigenvalue weighted by molar-refractivity contribution is -0.107. The first-order valence-corrected chi connectivity index (χ1v) is 5.16. The van der Waals surface area contributed by atoms with Crippen LogP contribution >= 0.6 is 0 Å². The Hall–Kier alpha value is -0.960. The topological polar surface area (TPSA) is 34.1 Å². The summed E-state index contributed by atoms with van der Waals surface area (Å²) in [7, 11) is -0.929. The zero-order valence-corrected chi connectivity index (χ0v) is 7.64. The third kappa shape index (κ3) is 2.27. The molecule has 64 valence electrons. The predicted molar refractivity (Wildman–Crippen MR) is 48.5 cm³/mol. The van der Waals surface area contributed by atoms with Crippen LogP contribution in [0.4, 0.5) is 0 Å². The van der Waals surface area contributed by atoms with Crippen LogP contribution in [0.2, 0.25) is 0 Å². The summed E-state index contributed by atoms with van der Waals surface area (Å²) in [6.07, 6.45) is 2.92. The molecule has 1 aromatic carbocycles. The molecule has 0 aliphatic rings. The van der Waals surface area contributed by atoms with Crippen LogP contribution in [-0.2, 0) is 22.0 Å². The Morgan fingerprint density at radius 3 is 2.33 bits per heavy atom. The van der Waals surface area contributed by atoms with Gasteiger partial charge in [0.1, 0.15) is 6.29 Å². The number of hydrogen-bond acceptors (Lipinski definition) is 2. The van der Waals surface area contributed by atoms with E-state index in [0.717, 1.165) is 16.7 Å². The second-order valence-corrected chi connectivity index (χ2v) is 3.85. The zero-order valence-electron chi connectivity index (χ0n) is 6.82. The van der Waals surface area contributed by atoms with Crippen molar-refractivity contribution in [1.82, 2.24) is 0 Å². The number of rotatable bonds is 3. The van der Waals surface area contributed by atoms with Gasteiger partial charge in [0.25, 0.3) is 0 Å². The third-order valence-corrected chi connectivity index (χ3v) is 2.51. The number of hydrogen-bond donors (Lipinski definition) is 0. The Morgan fingerprint density at radius 1 is 1.33 bits per heavy atom. The van der Waals surface area contributed by atoms with E-state index in [2.05, 4.69) is 0 Å². The first-order valence-electron chi connectivity index (χ1n) is 3.60. The molecule has 0 aliphatic heterocycles. The van der Waals surface area contributed by atoms with Crippen molar-refractivity contribution in [2.75, 3.05) is 6.26 Å². The molecule has 1 unspecified atom stereocenters. The highest BCUT2D eigenvalue weighted by Crippen LogP contribution is 2.07. The molecule has 0 aliphatic carbocycles. The van der Waals surface area contributed by atoms with E-state index < -0.39 is 10.8 Å². The molecule has 1 aromatic rings. The third-order valence-electron chi connectivity index (χ3n) is 1.57. The van der Waals surface area contributed by atoms with E-state index in [-0.39, 0.29) is 0 Å². The summed E-state index contributed by atoms with van der Waals surface area (Å²) in [5.74, 6) is 0. The van der Waals surface area contributed by atoms with E-state index in [0.29, 0.717) is 6.42 Å². The maximum atomic E-state index is 11.0. The molecule has 0 amide bonds. The van der Waals surface area contributed by atoms with Crippen molar-refractivity contribution in [1.29, 1.82) is 0 Å². The van der Waals surface area contributed by atoms with Crippen LogP contribution in [0.1, 0.15) is 5.56 Å². The monoisotopic (exact) mass is 182 g/mol. The molecule has 12 heavy (non-hydrogen) atoms. The summed E-state index contributed by atoms with van der Waals surface area (Å²) in [4.78, 5) is 10.9. The van der Waals surface area contributed by atoms with Gasteiger partial charge in [0.15, 0.2) is 0 Å². The van der Waals surface area contributed by atoms with Gasteiger partial charge in [0.05, 0.1) is 0 Å². The Morgan fingerprint density at radius 2 is 1.92 bits per heavy atom. The number of aldehydes is 1. The molecule has 0 bridgehead atoms. The molecule has 1 atom stereocenters. The SMILES string of the molecule is CS(=O)c1ccc(CC=O)cc1. The highest BCUT2D eigenvalue weighted by Gasteiger charge is 1.96. The second-order valence-electron chi connectivity index (χ2n) is 2.47. The first-order chi connectivity index (χ1) is 5.74. The van der Waals surface area contributed by atoms with E-state index in [9.17, 15) is 9.00 Å². The molecule has 0 saturated carbocycles. The van der Waals surface area contributed by atoms with E-state index in [1.54, 1.807) is 18.4 Å². The summed E-state index contributed by atoms with van der Waals surface area (Å²) in [6.45, 7) is 0. The second kappa shape index (κ2) is 4.16. The fourth-order valence-corrected chi connectivity index (χ4v) is 1.43. The molecule has 0 aromatic heterocycles. The molecule has 0 spiro atoms. The lowest BCUT2D eigenvalue weighted by Crippen LogP contribution is -1.89. The molecule has 3 heteroatoms. The van der Waals surface area contributed by atoms with Gasteiger partial charge in [0.2, 0.25) is 0 Å². The normalized spacial score (nSPS) is 12.4. The van der Waals surface area contributed by atoms with Gasteiger partial charge in [0, 0.05) is 28.4 Å². The predicted octanol–water partition coefficient (Wildman–Crippen LogP) is 1.17. The molecule has 0 saturated heterocycles. The van der Waals surface area contributed by atoms with Crippen molar-refractivity contribution in [3.05, 3.63) is 29.8 Å². The van der Waals surface area contributed by atoms with Crippen molar-refractivity contribution in [2.45, 2.75) is 11.3 Å². The fourth-order valence-electron chi connectivity index (χ4n) is 0.913. The summed E-state index contributed by atoms with van der Waals surface area (Å²) in [5.41, 5.74) is 0.958. The molecule has 0 fully saturated rings. The van der Waals surface area contributed by atoms with E-state index in [4.69, 9.17) is 0 Å². The smallest absolute Gasteiger partial charge is 0.124 e. The van der Waals surface area contributed by atoms with Crippen LogP contribution in [0.3, 0.4) is 0 Å². The number of carbonyl (C=O) groups excluding carboxylic acids is 1. The van der Waals surface area contributed by atoms with Gasteiger partial charge in [-0.1, -0.05) is 12.1 Å². The highest BCUT2D eigenvalue weighted by molar-refractivity contribution is 7.84. The molecule has 0 heterocycles. The van der Waals surface area contributed by atoms with Crippen LogP contribution in [0.15, 0.2) is 29.2 Å². The minimum absolute atomic E-state index is 0.427. The average Bonchev–Trinajstić information content (AvgIpc) is 2.06. The van der Waals surface area contributed by atoms with Crippen LogP contribution in [0, 0.1) is 0 Å². The van der Waals surface area contributed by atoms with Crippen molar-refractivity contribution in [3.63, 3.8) is 0 Å². The number of carbonyl (C=O) groups is 1. The maximum Gasteiger partial charge on any atom is 0.124 e. The quantitative estimate of drug-likeness (QED) is 0.657. The van der Waals surface area contributed by atoms with Crippen molar-refractivity contribution >= 4 is 17.1 Å². The van der Waals surface area contributed by atoms with Gasteiger partial charge < -0.3 is 4.79 Å². The fraction of sp³-hybridized carbons (Fsp3) is 0.222. The van der Waals surface area contributed by atoms with Crippen LogP contribution in [0.25, 0.3) is 0 Å². The standard InChI is InChI=1S/C9H10O2S/c1-12(11)9-4-2-8(3-5-9)6-7-10/h2-5,7H,6H2,1H3.